The first-order valence-corrected chi connectivity index (χ1v) is 12.4. The lowest BCUT2D eigenvalue weighted by Crippen LogP contribution is -2.24. The fraction of sp³-hybridized carbons (Fsp3) is 0.154. The number of carbonyl (C=O) groups excluding carboxylic acids is 1. The number of benzene rings is 3. The summed E-state index contributed by atoms with van der Waals surface area (Å²) in [7, 11) is -4.12. The number of rotatable bonds is 5. The molecule has 4 aromatic rings. The minimum Gasteiger partial charge on any atom is -0.336 e. The Hall–Kier alpha value is -3.42. The summed E-state index contributed by atoms with van der Waals surface area (Å²) in [5.41, 5.74) is 2.95. The predicted octanol–water partition coefficient (Wildman–Crippen LogP) is 5.05. The maximum absolute atomic E-state index is 13.5. The van der Waals surface area contributed by atoms with Crippen molar-refractivity contribution in [3.63, 3.8) is 0 Å². The van der Waals surface area contributed by atoms with Crippen LogP contribution in [-0.4, -0.2) is 18.9 Å². The first-order valence-electron chi connectivity index (χ1n) is 10.6. The van der Waals surface area contributed by atoms with Gasteiger partial charge in [-0.3, -0.25) is 9.59 Å². The molecule has 0 aliphatic heterocycles. The van der Waals surface area contributed by atoms with E-state index in [-0.39, 0.29) is 27.6 Å². The van der Waals surface area contributed by atoms with Crippen molar-refractivity contribution in [2.45, 2.75) is 37.1 Å². The minimum atomic E-state index is -4.12. The summed E-state index contributed by atoms with van der Waals surface area (Å²) < 4.78 is 28.5. The summed E-state index contributed by atoms with van der Waals surface area (Å²) in [5.74, 6) is -0.387. The molecule has 1 aromatic heterocycles. The van der Waals surface area contributed by atoms with Gasteiger partial charge in [0.15, 0.2) is 0 Å². The Morgan fingerprint density at radius 2 is 1.74 bits per heavy atom. The Morgan fingerprint density at radius 1 is 0.971 bits per heavy atom. The number of aryl methyl sites for hydroxylation is 3. The zero-order chi connectivity index (χ0) is 24.6. The van der Waals surface area contributed by atoms with Crippen LogP contribution in [0, 0.1) is 20.8 Å². The van der Waals surface area contributed by atoms with E-state index < -0.39 is 15.3 Å². The van der Waals surface area contributed by atoms with E-state index in [0.29, 0.717) is 16.2 Å². The smallest absolute Gasteiger partial charge is 0.244 e. The molecule has 8 heteroatoms. The van der Waals surface area contributed by atoms with E-state index in [1.54, 1.807) is 48.5 Å². The molecule has 6 nitrogen and oxygen atoms in total. The Kier molecular flexibility index (Phi) is 6.34. The van der Waals surface area contributed by atoms with Crippen LogP contribution >= 0.6 is 11.6 Å². The number of nitrogens with zero attached hydrogens (tertiary/aromatic N) is 1. The van der Waals surface area contributed by atoms with E-state index in [1.807, 2.05) is 26.8 Å². The maximum Gasteiger partial charge on any atom is 0.244 e. The normalized spacial score (nSPS) is 11.5. The first-order chi connectivity index (χ1) is 16.1. The summed E-state index contributed by atoms with van der Waals surface area (Å²) >= 11 is 5.99. The summed E-state index contributed by atoms with van der Waals surface area (Å²) in [6.45, 7) is 5.33. The molecule has 0 radical (unpaired) electrons. The molecule has 0 atom stereocenters. The second-order valence-electron chi connectivity index (χ2n) is 8.28. The van der Waals surface area contributed by atoms with Gasteiger partial charge in [0.1, 0.15) is 11.4 Å². The minimum absolute atomic E-state index is 0.0367. The molecule has 3 aromatic carbocycles. The van der Waals surface area contributed by atoms with E-state index in [9.17, 15) is 18.0 Å². The van der Waals surface area contributed by atoms with Crippen LogP contribution in [0.25, 0.3) is 10.9 Å². The number of hydrogen-bond donors (Lipinski definition) is 1. The molecule has 0 bridgehead atoms. The predicted molar refractivity (Wildman–Crippen MR) is 134 cm³/mol. The summed E-state index contributed by atoms with van der Waals surface area (Å²) in [4.78, 5) is 25.8. The Bertz CT molecular complexity index is 1610. The number of nitrogens with one attached hydrogen (secondary N) is 1. The molecular formula is C26H23ClN2O4S. The molecule has 0 unspecified atom stereocenters. The van der Waals surface area contributed by atoms with Gasteiger partial charge in [-0.1, -0.05) is 35.4 Å². The number of amides is 1. The zero-order valence-corrected chi connectivity index (χ0v) is 20.5. The second-order valence-corrected chi connectivity index (χ2v) is 10.6. The molecule has 4 rings (SSSR count). The Labute approximate surface area is 202 Å². The lowest BCUT2D eigenvalue weighted by Gasteiger charge is -2.15. The Balaban J connectivity index is 1.84. The van der Waals surface area contributed by atoms with E-state index in [1.165, 1.54) is 16.8 Å². The average Bonchev–Trinajstić information content (AvgIpc) is 2.77. The third-order valence-electron chi connectivity index (χ3n) is 5.70. The molecule has 34 heavy (non-hydrogen) atoms. The fourth-order valence-corrected chi connectivity index (χ4v) is 5.38. The van der Waals surface area contributed by atoms with Crippen molar-refractivity contribution in [2.24, 2.45) is 0 Å². The number of hydrogen-bond acceptors (Lipinski definition) is 4. The number of carbonyl (C=O) groups is 1. The van der Waals surface area contributed by atoms with Gasteiger partial charge in [0.2, 0.25) is 21.2 Å². The van der Waals surface area contributed by atoms with Gasteiger partial charge in [0.25, 0.3) is 0 Å². The van der Waals surface area contributed by atoms with E-state index in [0.717, 1.165) is 16.7 Å². The van der Waals surface area contributed by atoms with Gasteiger partial charge in [0.05, 0.1) is 10.4 Å². The van der Waals surface area contributed by atoms with Crippen LogP contribution in [0.15, 0.2) is 81.4 Å². The lowest BCUT2D eigenvalue weighted by molar-refractivity contribution is -0.116. The summed E-state index contributed by atoms with van der Waals surface area (Å²) in [6.07, 6.45) is 1.25. The van der Waals surface area contributed by atoms with Crippen LogP contribution in [-0.2, 0) is 21.2 Å². The van der Waals surface area contributed by atoms with Gasteiger partial charge in [-0.25, -0.2) is 8.42 Å². The van der Waals surface area contributed by atoms with Gasteiger partial charge in [-0.2, -0.15) is 0 Å². The largest absolute Gasteiger partial charge is 0.336 e. The molecule has 1 N–H and O–H groups in total. The highest BCUT2D eigenvalue weighted by Gasteiger charge is 2.25. The third-order valence-corrected chi connectivity index (χ3v) is 7.68. The molecular weight excluding hydrogens is 472 g/mol. The third kappa shape index (κ3) is 4.62. The quantitative estimate of drug-likeness (QED) is 0.420. The van der Waals surface area contributed by atoms with Crippen molar-refractivity contribution in [1.82, 2.24) is 4.57 Å². The highest BCUT2D eigenvalue weighted by Crippen LogP contribution is 2.24. The molecule has 1 amide bonds. The number of pyridine rings is 1. The molecule has 0 saturated carbocycles. The van der Waals surface area contributed by atoms with Crippen LogP contribution in [0.5, 0.6) is 0 Å². The molecule has 0 spiro atoms. The second kappa shape index (κ2) is 9.08. The highest BCUT2D eigenvalue weighted by molar-refractivity contribution is 7.91. The topological polar surface area (TPSA) is 85.2 Å². The standard InChI is InChI=1S/C26H23ClN2O4S/c1-16-7-10-23-22(11-16)26(31)24(34(32,33)21-9-8-17(2)18(3)12-21)14-29(23)15-25(30)28-20-6-4-5-19(27)13-20/h4-14H,15H2,1-3H3,(H,28,30). The number of sulfone groups is 1. The van der Waals surface area contributed by atoms with Crippen molar-refractivity contribution >= 4 is 43.9 Å². The fourth-order valence-electron chi connectivity index (χ4n) is 3.74. The number of fused-ring (bicyclic) bond motifs is 1. The van der Waals surface area contributed by atoms with E-state index in [2.05, 4.69) is 5.32 Å². The zero-order valence-electron chi connectivity index (χ0n) is 18.9. The van der Waals surface area contributed by atoms with Crippen LogP contribution in [0.4, 0.5) is 5.69 Å². The van der Waals surface area contributed by atoms with Crippen molar-refractivity contribution in [3.05, 3.63) is 98.8 Å². The molecule has 1 heterocycles. The average molecular weight is 495 g/mol. The lowest BCUT2D eigenvalue weighted by atomic mass is 10.1. The van der Waals surface area contributed by atoms with Crippen molar-refractivity contribution in [2.75, 3.05) is 5.32 Å². The number of aromatic nitrogens is 1. The molecule has 0 aliphatic carbocycles. The highest BCUT2D eigenvalue weighted by atomic mass is 35.5. The van der Waals surface area contributed by atoms with Gasteiger partial charge in [0, 0.05) is 22.3 Å². The summed E-state index contributed by atoms with van der Waals surface area (Å²) in [6, 6.07) is 16.6. The van der Waals surface area contributed by atoms with Gasteiger partial charge in [-0.05, 0) is 74.4 Å². The van der Waals surface area contributed by atoms with Crippen molar-refractivity contribution in [3.8, 4) is 0 Å². The first kappa shape index (κ1) is 23.7. The van der Waals surface area contributed by atoms with Crippen LogP contribution in [0.1, 0.15) is 16.7 Å². The van der Waals surface area contributed by atoms with Gasteiger partial charge >= 0.3 is 0 Å². The molecule has 0 fully saturated rings. The molecule has 0 aliphatic rings. The number of halogens is 1. The molecule has 174 valence electrons. The van der Waals surface area contributed by atoms with E-state index in [4.69, 9.17) is 11.6 Å². The van der Waals surface area contributed by atoms with Crippen LogP contribution in [0.2, 0.25) is 5.02 Å². The van der Waals surface area contributed by atoms with Gasteiger partial charge in [-0.15, -0.1) is 0 Å². The van der Waals surface area contributed by atoms with Crippen LogP contribution < -0.4 is 10.7 Å². The van der Waals surface area contributed by atoms with Crippen molar-refractivity contribution in [1.29, 1.82) is 0 Å². The maximum atomic E-state index is 13.5. The number of anilines is 1. The van der Waals surface area contributed by atoms with Gasteiger partial charge < -0.3 is 9.88 Å². The summed E-state index contributed by atoms with van der Waals surface area (Å²) in [5, 5.41) is 3.47. The SMILES string of the molecule is Cc1ccc2c(c1)c(=O)c(S(=O)(=O)c1ccc(C)c(C)c1)cn2CC(=O)Nc1cccc(Cl)c1. The Morgan fingerprint density at radius 3 is 2.44 bits per heavy atom. The van der Waals surface area contributed by atoms with Crippen molar-refractivity contribution < 1.29 is 13.2 Å². The monoisotopic (exact) mass is 494 g/mol. The van der Waals surface area contributed by atoms with Crippen LogP contribution in [0.3, 0.4) is 0 Å². The molecule has 0 saturated heterocycles. The van der Waals surface area contributed by atoms with E-state index >= 15 is 0 Å².